The standard InChI is InChI=1S/C14H21N3O2/c1-12-3-2-5-16-13(12)11-15-6-4-14(18)17-7-9-19-10-8-17/h2-3,5,15H,4,6-11H2,1H3. The maximum Gasteiger partial charge on any atom is 0.224 e. The zero-order valence-electron chi connectivity index (χ0n) is 11.4. The number of ether oxygens (including phenoxy) is 1. The molecule has 1 aliphatic rings. The van der Waals surface area contributed by atoms with Crippen LogP contribution in [-0.2, 0) is 16.1 Å². The van der Waals surface area contributed by atoms with Crippen LogP contribution in [0.1, 0.15) is 17.7 Å². The highest BCUT2D eigenvalue weighted by atomic mass is 16.5. The van der Waals surface area contributed by atoms with Gasteiger partial charge in [0.05, 0.1) is 18.9 Å². The Morgan fingerprint density at radius 2 is 2.26 bits per heavy atom. The lowest BCUT2D eigenvalue weighted by Gasteiger charge is -2.26. The number of carbonyl (C=O) groups excluding carboxylic acids is 1. The van der Waals surface area contributed by atoms with E-state index in [1.54, 1.807) is 6.20 Å². The van der Waals surface area contributed by atoms with Gasteiger partial charge in [0.25, 0.3) is 0 Å². The molecular formula is C14H21N3O2. The lowest BCUT2D eigenvalue weighted by Crippen LogP contribution is -2.41. The zero-order valence-corrected chi connectivity index (χ0v) is 11.4. The van der Waals surface area contributed by atoms with E-state index in [4.69, 9.17) is 4.74 Å². The van der Waals surface area contributed by atoms with E-state index in [1.165, 1.54) is 5.56 Å². The van der Waals surface area contributed by atoms with Crippen molar-refractivity contribution in [1.29, 1.82) is 0 Å². The Hall–Kier alpha value is -1.46. The van der Waals surface area contributed by atoms with E-state index in [1.807, 2.05) is 24.0 Å². The van der Waals surface area contributed by atoms with E-state index in [2.05, 4.69) is 10.3 Å². The number of carbonyl (C=O) groups is 1. The third kappa shape index (κ3) is 4.29. The van der Waals surface area contributed by atoms with Gasteiger partial charge in [-0.05, 0) is 18.6 Å². The van der Waals surface area contributed by atoms with Gasteiger partial charge in [-0.25, -0.2) is 0 Å². The van der Waals surface area contributed by atoms with Crippen molar-refractivity contribution in [1.82, 2.24) is 15.2 Å². The first-order valence-corrected chi connectivity index (χ1v) is 6.74. The highest BCUT2D eigenvalue weighted by Crippen LogP contribution is 2.03. The monoisotopic (exact) mass is 263 g/mol. The molecular weight excluding hydrogens is 242 g/mol. The number of hydrogen-bond donors (Lipinski definition) is 1. The van der Waals surface area contributed by atoms with E-state index >= 15 is 0 Å². The van der Waals surface area contributed by atoms with Gasteiger partial charge in [0.15, 0.2) is 0 Å². The number of nitrogens with one attached hydrogen (secondary N) is 1. The maximum atomic E-state index is 11.9. The predicted octanol–water partition coefficient (Wildman–Crippen LogP) is 0.729. The van der Waals surface area contributed by atoms with Crippen LogP contribution >= 0.6 is 0 Å². The van der Waals surface area contributed by atoms with Crippen molar-refractivity contribution in [3.63, 3.8) is 0 Å². The highest BCUT2D eigenvalue weighted by molar-refractivity contribution is 5.76. The van der Waals surface area contributed by atoms with Gasteiger partial charge in [0, 0.05) is 38.8 Å². The number of hydrogen-bond acceptors (Lipinski definition) is 4. The largest absolute Gasteiger partial charge is 0.378 e. The van der Waals surface area contributed by atoms with Gasteiger partial charge >= 0.3 is 0 Å². The van der Waals surface area contributed by atoms with E-state index in [0.717, 1.165) is 18.8 Å². The Morgan fingerprint density at radius 1 is 1.47 bits per heavy atom. The minimum absolute atomic E-state index is 0.202. The van der Waals surface area contributed by atoms with Crippen LogP contribution in [0.15, 0.2) is 18.3 Å². The Bertz CT molecular complexity index is 417. The van der Waals surface area contributed by atoms with Crippen molar-refractivity contribution in [2.45, 2.75) is 19.9 Å². The van der Waals surface area contributed by atoms with Crippen LogP contribution in [0.25, 0.3) is 0 Å². The molecule has 1 saturated heterocycles. The minimum atomic E-state index is 0.202. The van der Waals surface area contributed by atoms with E-state index in [0.29, 0.717) is 32.7 Å². The number of aryl methyl sites for hydroxylation is 1. The molecule has 0 aromatic carbocycles. The molecule has 0 spiro atoms. The van der Waals surface area contributed by atoms with Crippen molar-refractivity contribution < 1.29 is 9.53 Å². The average Bonchev–Trinajstić information content (AvgIpc) is 2.46. The number of amides is 1. The highest BCUT2D eigenvalue weighted by Gasteiger charge is 2.15. The second kappa shape index (κ2) is 7.21. The van der Waals surface area contributed by atoms with Crippen LogP contribution in [0, 0.1) is 6.92 Å². The Balaban J connectivity index is 1.66. The molecule has 2 rings (SSSR count). The van der Waals surface area contributed by atoms with Crippen LogP contribution in [0.2, 0.25) is 0 Å². The minimum Gasteiger partial charge on any atom is -0.378 e. The van der Waals surface area contributed by atoms with E-state index < -0.39 is 0 Å². The molecule has 0 aliphatic carbocycles. The molecule has 0 bridgehead atoms. The van der Waals surface area contributed by atoms with Crippen LogP contribution in [-0.4, -0.2) is 48.6 Å². The number of pyridine rings is 1. The smallest absolute Gasteiger partial charge is 0.224 e. The van der Waals surface area contributed by atoms with Gasteiger partial charge in [0.2, 0.25) is 5.91 Å². The van der Waals surface area contributed by atoms with Gasteiger partial charge in [-0.3, -0.25) is 9.78 Å². The van der Waals surface area contributed by atoms with E-state index in [-0.39, 0.29) is 5.91 Å². The Morgan fingerprint density at radius 3 is 3.00 bits per heavy atom. The summed E-state index contributed by atoms with van der Waals surface area (Å²) in [4.78, 5) is 18.1. The fourth-order valence-electron chi connectivity index (χ4n) is 2.08. The van der Waals surface area contributed by atoms with Crippen LogP contribution in [0.3, 0.4) is 0 Å². The van der Waals surface area contributed by atoms with Gasteiger partial charge in [0.1, 0.15) is 0 Å². The summed E-state index contributed by atoms with van der Waals surface area (Å²) < 4.78 is 5.23. The second-order valence-corrected chi connectivity index (χ2v) is 4.69. The molecule has 1 aromatic rings. The molecule has 2 heterocycles. The SMILES string of the molecule is Cc1cccnc1CNCCC(=O)N1CCOCC1. The van der Waals surface area contributed by atoms with Gasteiger partial charge in [-0.1, -0.05) is 6.07 Å². The zero-order chi connectivity index (χ0) is 13.5. The van der Waals surface area contributed by atoms with Crippen molar-refractivity contribution in [3.8, 4) is 0 Å². The molecule has 0 saturated carbocycles. The van der Waals surface area contributed by atoms with E-state index in [9.17, 15) is 4.79 Å². The molecule has 1 N–H and O–H groups in total. The van der Waals surface area contributed by atoms with Gasteiger partial charge in [-0.2, -0.15) is 0 Å². The lowest BCUT2D eigenvalue weighted by molar-refractivity contribution is -0.135. The molecule has 1 aliphatic heterocycles. The first-order valence-electron chi connectivity index (χ1n) is 6.74. The molecule has 0 radical (unpaired) electrons. The number of morpholine rings is 1. The quantitative estimate of drug-likeness (QED) is 0.796. The summed E-state index contributed by atoms with van der Waals surface area (Å²) in [6.45, 7) is 6.20. The number of rotatable bonds is 5. The summed E-state index contributed by atoms with van der Waals surface area (Å²) in [5.74, 6) is 0.202. The van der Waals surface area contributed by atoms with Gasteiger partial charge < -0.3 is 15.0 Å². The van der Waals surface area contributed by atoms with Crippen molar-refractivity contribution >= 4 is 5.91 Å². The van der Waals surface area contributed by atoms with Crippen molar-refractivity contribution in [2.75, 3.05) is 32.8 Å². The third-order valence-electron chi connectivity index (χ3n) is 3.29. The average molecular weight is 263 g/mol. The lowest BCUT2D eigenvalue weighted by atomic mass is 10.2. The molecule has 5 nitrogen and oxygen atoms in total. The first-order chi connectivity index (χ1) is 9.27. The molecule has 1 amide bonds. The summed E-state index contributed by atoms with van der Waals surface area (Å²) in [7, 11) is 0. The normalized spacial score (nSPS) is 15.5. The molecule has 1 fully saturated rings. The number of aromatic nitrogens is 1. The van der Waals surface area contributed by atoms with Gasteiger partial charge in [-0.15, -0.1) is 0 Å². The summed E-state index contributed by atoms with van der Waals surface area (Å²) in [5.41, 5.74) is 2.22. The van der Waals surface area contributed by atoms with Crippen LogP contribution in [0.5, 0.6) is 0 Å². The molecule has 0 atom stereocenters. The fourth-order valence-corrected chi connectivity index (χ4v) is 2.08. The fraction of sp³-hybridized carbons (Fsp3) is 0.571. The molecule has 0 unspecified atom stereocenters. The van der Waals surface area contributed by atoms with Crippen molar-refractivity contribution in [3.05, 3.63) is 29.6 Å². The molecule has 104 valence electrons. The molecule has 5 heteroatoms. The second-order valence-electron chi connectivity index (χ2n) is 4.69. The summed E-state index contributed by atoms with van der Waals surface area (Å²) in [6, 6.07) is 3.98. The summed E-state index contributed by atoms with van der Waals surface area (Å²) in [5, 5.41) is 3.27. The summed E-state index contributed by atoms with van der Waals surface area (Å²) >= 11 is 0. The maximum absolute atomic E-state index is 11.9. The molecule has 1 aromatic heterocycles. The summed E-state index contributed by atoms with van der Waals surface area (Å²) in [6.07, 6.45) is 2.33. The Kier molecular flexibility index (Phi) is 5.30. The topological polar surface area (TPSA) is 54.5 Å². The predicted molar refractivity (Wildman–Crippen MR) is 72.7 cm³/mol. The Labute approximate surface area is 114 Å². The van der Waals surface area contributed by atoms with Crippen LogP contribution < -0.4 is 5.32 Å². The third-order valence-corrected chi connectivity index (χ3v) is 3.29. The molecule has 19 heavy (non-hydrogen) atoms. The first kappa shape index (κ1) is 14.0. The number of nitrogens with zero attached hydrogens (tertiary/aromatic N) is 2. The van der Waals surface area contributed by atoms with Crippen LogP contribution in [0.4, 0.5) is 0 Å². The van der Waals surface area contributed by atoms with Crippen molar-refractivity contribution in [2.24, 2.45) is 0 Å².